The molecular formula is C18H30N4O10. The number of amides is 3. The number of aliphatic hydroxyl groups excluding tert-OH is 1. The molecule has 0 spiro atoms. The zero-order chi connectivity index (χ0) is 25.2. The van der Waals surface area contributed by atoms with E-state index in [2.05, 4.69) is 16.0 Å². The van der Waals surface area contributed by atoms with Crippen molar-refractivity contribution in [2.75, 3.05) is 0 Å². The third-order valence-corrected chi connectivity index (χ3v) is 4.30. The molecule has 182 valence electrons. The number of rotatable bonds is 14. The molecule has 14 heteroatoms. The summed E-state index contributed by atoms with van der Waals surface area (Å²) < 4.78 is 0. The fourth-order valence-corrected chi connectivity index (χ4v) is 2.51. The molecule has 9 N–H and O–H groups in total. The highest BCUT2D eigenvalue weighted by atomic mass is 16.4. The molecule has 0 heterocycles. The molecule has 0 saturated carbocycles. The second-order valence-electron chi connectivity index (χ2n) is 7.49. The maximum absolute atomic E-state index is 12.6. The number of hydrogen-bond donors (Lipinski definition) is 8. The Morgan fingerprint density at radius 3 is 1.72 bits per heavy atom. The van der Waals surface area contributed by atoms with Gasteiger partial charge in [0.2, 0.25) is 17.7 Å². The molecule has 0 aromatic rings. The summed E-state index contributed by atoms with van der Waals surface area (Å²) in [6.07, 6.45) is -3.22. The highest BCUT2D eigenvalue weighted by molar-refractivity contribution is 5.95. The lowest BCUT2D eigenvalue weighted by Crippen LogP contribution is -2.60. The van der Waals surface area contributed by atoms with Crippen molar-refractivity contribution in [2.45, 2.75) is 70.3 Å². The first-order chi connectivity index (χ1) is 14.7. The first-order valence-electron chi connectivity index (χ1n) is 9.68. The molecule has 0 aromatic heterocycles. The number of carbonyl (C=O) groups is 6. The van der Waals surface area contributed by atoms with Crippen LogP contribution in [0.3, 0.4) is 0 Å². The molecule has 0 aliphatic rings. The Bertz CT molecular complexity index is 725. The smallest absolute Gasteiger partial charge is 0.326 e. The summed E-state index contributed by atoms with van der Waals surface area (Å²) in [5, 5.41) is 43.1. The SMILES string of the molecule is CC(C)C(NC(=O)C(NC(=O)C(CCC(=O)O)NC(=O)C(N)CC(=O)O)C(C)O)C(=O)O. The van der Waals surface area contributed by atoms with Crippen LogP contribution in [-0.2, 0) is 28.8 Å². The van der Waals surface area contributed by atoms with Crippen molar-refractivity contribution in [2.24, 2.45) is 11.7 Å². The molecule has 0 aromatic carbocycles. The van der Waals surface area contributed by atoms with Gasteiger partial charge in [-0.3, -0.25) is 24.0 Å². The van der Waals surface area contributed by atoms with Crippen LogP contribution in [0.15, 0.2) is 0 Å². The lowest BCUT2D eigenvalue weighted by atomic mass is 10.0. The second-order valence-corrected chi connectivity index (χ2v) is 7.49. The Morgan fingerprint density at radius 2 is 1.31 bits per heavy atom. The Balaban J connectivity index is 5.49. The number of carboxylic acids is 3. The quantitative estimate of drug-likeness (QED) is 0.131. The van der Waals surface area contributed by atoms with E-state index in [4.69, 9.17) is 15.9 Å². The predicted molar refractivity (Wildman–Crippen MR) is 107 cm³/mol. The van der Waals surface area contributed by atoms with Gasteiger partial charge in [0.25, 0.3) is 0 Å². The molecular weight excluding hydrogens is 432 g/mol. The molecule has 3 amide bonds. The summed E-state index contributed by atoms with van der Waals surface area (Å²) >= 11 is 0. The normalized spacial score (nSPS) is 15.6. The minimum atomic E-state index is -1.62. The maximum atomic E-state index is 12.6. The van der Waals surface area contributed by atoms with Crippen molar-refractivity contribution in [3.05, 3.63) is 0 Å². The summed E-state index contributed by atoms with van der Waals surface area (Å²) in [7, 11) is 0. The third-order valence-electron chi connectivity index (χ3n) is 4.30. The van der Waals surface area contributed by atoms with Gasteiger partial charge in [-0.1, -0.05) is 13.8 Å². The van der Waals surface area contributed by atoms with Crippen LogP contribution in [0.25, 0.3) is 0 Å². The minimum Gasteiger partial charge on any atom is -0.481 e. The fraction of sp³-hybridized carbons (Fsp3) is 0.667. The van der Waals surface area contributed by atoms with Crippen molar-refractivity contribution in [1.29, 1.82) is 0 Å². The molecule has 5 atom stereocenters. The first-order valence-corrected chi connectivity index (χ1v) is 9.68. The monoisotopic (exact) mass is 462 g/mol. The minimum absolute atomic E-state index is 0.426. The van der Waals surface area contributed by atoms with E-state index in [0.29, 0.717) is 0 Å². The van der Waals surface area contributed by atoms with E-state index in [9.17, 15) is 39.0 Å². The van der Waals surface area contributed by atoms with E-state index in [-0.39, 0.29) is 0 Å². The summed E-state index contributed by atoms with van der Waals surface area (Å²) in [4.78, 5) is 70.0. The van der Waals surface area contributed by atoms with E-state index in [1.165, 1.54) is 13.8 Å². The van der Waals surface area contributed by atoms with Crippen molar-refractivity contribution >= 4 is 35.6 Å². The maximum Gasteiger partial charge on any atom is 0.326 e. The molecule has 0 fully saturated rings. The number of carbonyl (C=O) groups excluding carboxylic acids is 3. The molecule has 0 bridgehead atoms. The predicted octanol–water partition coefficient (Wildman–Crippen LogP) is -2.77. The topological polar surface area (TPSA) is 245 Å². The first kappa shape index (κ1) is 28.7. The van der Waals surface area contributed by atoms with Gasteiger partial charge in [-0.2, -0.15) is 0 Å². The molecule has 0 rings (SSSR count). The number of nitrogens with one attached hydrogen (secondary N) is 3. The van der Waals surface area contributed by atoms with Gasteiger partial charge in [0, 0.05) is 6.42 Å². The van der Waals surface area contributed by atoms with Crippen LogP contribution < -0.4 is 21.7 Å². The van der Waals surface area contributed by atoms with Crippen molar-refractivity contribution in [3.63, 3.8) is 0 Å². The average Bonchev–Trinajstić information content (AvgIpc) is 2.65. The van der Waals surface area contributed by atoms with Gasteiger partial charge in [-0.15, -0.1) is 0 Å². The summed E-state index contributed by atoms with van der Waals surface area (Å²) in [5.74, 6) is -7.62. The second kappa shape index (κ2) is 13.2. The van der Waals surface area contributed by atoms with Crippen LogP contribution in [0.1, 0.15) is 40.0 Å². The Morgan fingerprint density at radius 1 is 0.781 bits per heavy atom. The number of aliphatic hydroxyl groups is 1. The van der Waals surface area contributed by atoms with E-state index >= 15 is 0 Å². The van der Waals surface area contributed by atoms with Gasteiger partial charge in [-0.25, -0.2) is 4.79 Å². The lowest BCUT2D eigenvalue weighted by molar-refractivity contribution is -0.144. The Kier molecular flexibility index (Phi) is 11.9. The van der Waals surface area contributed by atoms with E-state index in [0.717, 1.165) is 6.92 Å². The van der Waals surface area contributed by atoms with Gasteiger partial charge in [0.1, 0.15) is 18.1 Å². The van der Waals surface area contributed by atoms with Crippen LogP contribution in [0.2, 0.25) is 0 Å². The van der Waals surface area contributed by atoms with Crippen LogP contribution in [0, 0.1) is 5.92 Å². The van der Waals surface area contributed by atoms with Crippen LogP contribution in [0.4, 0.5) is 0 Å². The van der Waals surface area contributed by atoms with Gasteiger partial charge >= 0.3 is 17.9 Å². The number of hydrogen-bond acceptors (Lipinski definition) is 8. The standard InChI is InChI=1S/C18H30N4O10/c1-7(2)13(18(31)32)21-17(30)14(8(3)23)22-16(29)10(4-5-11(24)25)20-15(28)9(19)6-12(26)27/h7-10,13-14,23H,4-6,19H2,1-3H3,(H,20,28)(H,21,30)(H,22,29)(H,24,25)(H,26,27)(H,31,32). The summed E-state index contributed by atoms with van der Waals surface area (Å²) in [6.45, 7) is 4.23. The van der Waals surface area contributed by atoms with Gasteiger partial charge in [0.15, 0.2) is 0 Å². The lowest BCUT2D eigenvalue weighted by Gasteiger charge is -2.27. The van der Waals surface area contributed by atoms with Crippen molar-refractivity contribution < 1.29 is 49.2 Å². The van der Waals surface area contributed by atoms with E-state index < -0.39 is 91.1 Å². The highest BCUT2D eigenvalue weighted by Gasteiger charge is 2.33. The molecule has 0 saturated heterocycles. The fourth-order valence-electron chi connectivity index (χ4n) is 2.51. The third kappa shape index (κ3) is 10.2. The number of nitrogens with two attached hydrogens (primary N) is 1. The summed E-state index contributed by atoms with van der Waals surface area (Å²) in [5.41, 5.74) is 5.43. The molecule has 14 nitrogen and oxygen atoms in total. The summed E-state index contributed by atoms with van der Waals surface area (Å²) in [6, 6.07) is -5.98. The van der Waals surface area contributed by atoms with E-state index in [1.807, 2.05) is 0 Å². The Hall–Kier alpha value is -3.26. The van der Waals surface area contributed by atoms with Crippen LogP contribution >= 0.6 is 0 Å². The van der Waals surface area contributed by atoms with Crippen molar-refractivity contribution in [3.8, 4) is 0 Å². The van der Waals surface area contributed by atoms with E-state index in [1.54, 1.807) is 0 Å². The molecule has 0 aliphatic carbocycles. The van der Waals surface area contributed by atoms with Gasteiger partial charge < -0.3 is 42.1 Å². The van der Waals surface area contributed by atoms with Crippen LogP contribution in [0.5, 0.6) is 0 Å². The van der Waals surface area contributed by atoms with Crippen LogP contribution in [-0.4, -0.2) is 86.3 Å². The molecule has 5 unspecified atom stereocenters. The number of carboxylic acid groups (broad SMARTS) is 3. The zero-order valence-electron chi connectivity index (χ0n) is 17.9. The molecule has 32 heavy (non-hydrogen) atoms. The Labute approximate surface area is 183 Å². The van der Waals surface area contributed by atoms with Gasteiger partial charge in [0.05, 0.1) is 18.6 Å². The zero-order valence-corrected chi connectivity index (χ0v) is 17.9. The largest absolute Gasteiger partial charge is 0.481 e. The average molecular weight is 462 g/mol. The number of aliphatic carboxylic acids is 3. The molecule has 0 radical (unpaired) electrons. The van der Waals surface area contributed by atoms with Gasteiger partial charge in [-0.05, 0) is 19.3 Å². The highest BCUT2D eigenvalue weighted by Crippen LogP contribution is 2.06. The van der Waals surface area contributed by atoms with Crippen molar-refractivity contribution in [1.82, 2.24) is 16.0 Å². The molecule has 0 aliphatic heterocycles.